The van der Waals surface area contributed by atoms with Crippen LogP contribution in [0.2, 0.25) is 0 Å². The molecule has 0 heterocycles. The van der Waals surface area contributed by atoms with Gasteiger partial charge in [-0.1, -0.05) is 56.3 Å². The zero-order chi connectivity index (χ0) is 21.4. The summed E-state index contributed by atoms with van der Waals surface area (Å²) >= 11 is 0. The molecule has 0 aliphatic rings. The Labute approximate surface area is 171 Å². The van der Waals surface area contributed by atoms with E-state index in [0.29, 0.717) is 24.2 Å². The van der Waals surface area contributed by atoms with Crippen molar-refractivity contribution in [1.82, 2.24) is 9.62 Å². The normalized spacial score (nSPS) is 12.8. The first-order chi connectivity index (χ1) is 13.8. The van der Waals surface area contributed by atoms with Crippen LogP contribution in [0.1, 0.15) is 31.0 Å². The Bertz CT molecular complexity index is 967. The number of nitrogens with one attached hydrogen (secondary N) is 1. The lowest BCUT2D eigenvalue weighted by Gasteiger charge is -2.18. The maximum absolute atomic E-state index is 12.5. The van der Waals surface area contributed by atoms with Crippen molar-refractivity contribution >= 4 is 27.9 Å². The van der Waals surface area contributed by atoms with Crippen LogP contribution in [0.15, 0.2) is 65.6 Å². The van der Waals surface area contributed by atoms with Gasteiger partial charge in [-0.15, -0.1) is 0 Å². The molecule has 3 N–H and O–H groups in total. The molecule has 2 rings (SSSR count). The molecule has 0 bridgehead atoms. The third-order valence-electron chi connectivity index (χ3n) is 4.35. The summed E-state index contributed by atoms with van der Waals surface area (Å²) in [5.74, 6) is -1.15. The van der Waals surface area contributed by atoms with Crippen molar-refractivity contribution in [1.29, 1.82) is 0 Å². The smallest absolute Gasteiger partial charge is 0.244 e. The number of hydrogen-bond donors (Lipinski definition) is 2. The summed E-state index contributed by atoms with van der Waals surface area (Å²) < 4.78 is 26.4. The predicted molar refractivity (Wildman–Crippen MR) is 112 cm³/mol. The molecule has 154 valence electrons. The largest absolute Gasteiger partial charge is 0.368 e. The van der Waals surface area contributed by atoms with E-state index < -0.39 is 27.9 Å². The highest BCUT2D eigenvalue weighted by Crippen LogP contribution is 2.17. The highest BCUT2D eigenvalue weighted by Gasteiger charge is 2.21. The first-order valence-electron chi connectivity index (χ1n) is 9.22. The Morgan fingerprint density at radius 3 is 2.14 bits per heavy atom. The first kappa shape index (κ1) is 22.3. The fourth-order valence-electron chi connectivity index (χ4n) is 2.79. The Balaban J connectivity index is 2.09. The van der Waals surface area contributed by atoms with Crippen molar-refractivity contribution in [3.8, 4) is 0 Å². The maximum atomic E-state index is 12.5. The van der Waals surface area contributed by atoms with E-state index in [1.807, 2.05) is 0 Å². The number of amides is 2. The maximum Gasteiger partial charge on any atom is 0.244 e. The molecular weight excluding hydrogens is 390 g/mol. The highest BCUT2D eigenvalue weighted by atomic mass is 32.2. The number of carbonyl (C=O) groups excluding carboxylic acids is 2. The van der Waals surface area contributed by atoms with Crippen LogP contribution in [0, 0.1) is 0 Å². The van der Waals surface area contributed by atoms with Gasteiger partial charge in [0.15, 0.2) is 0 Å². The van der Waals surface area contributed by atoms with E-state index in [1.54, 1.807) is 56.3 Å². The van der Waals surface area contributed by atoms with Gasteiger partial charge < -0.3 is 11.1 Å². The summed E-state index contributed by atoms with van der Waals surface area (Å²) in [6.07, 6.45) is 2.80. The Kier molecular flexibility index (Phi) is 7.69. The summed E-state index contributed by atoms with van der Waals surface area (Å²) in [5, 5.41) is 2.57. The SMILES string of the molecule is CCN(CC)S(=O)(=O)c1ccc(/C=C/C(=O)NC(C(N)=O)c2ccccc2)cc1. The zero-order valence-electron chi connectivity index (χ0n) is 16.4. The predicted octanol–water partition coefficient (Wildman–Crippen LogP) is 2.07. The minimum atomic E-state index is -3.53. The van der Waals surface area contributed by atoms with Gasteiger partial charge in [-0.2, -0.15) is 4.31 Å². The molecular formula is C21H25N3O4S. The summed E-state index contributed by atoms with van der Waals surface area (Å²) in [4.78, 5) is 24.1. The van der Waals surface area contributed by atoms with Crippen molar-refractivity contribution in [3.63, 3.8) is 0 Å². The second kappa shape index (κ2) is 9.99. The minimum Gasteiger partial charge on any atom is -0.368 e. The zero-order valence-corrected chi connectivity index (χ0v) is 17.2. The van der Waals surface area contributed by atoms with E-state index in [0.717, 1.165) is 0 Å². The van der Waals surface area contributed by atoms with Crippen LogP contribution in [-0.2, 0) is 19.6 Å². The number of nitrogens with two attached hydrogens (primary N) is 1. The van der Waals surface area contributed by atoms with Gasteiger partial charge in [0.2, 0.25) is 21.8 Å². The Morgan fingerprint density at radius 2 is 1.62 bits per heavy atom. The topological polar surface area (TPSA) is 110 Å². The molecule has 0 aliphatic heterocycles. The number of carbonyl (C=O) groups is 2. The molecule has 0 spiro atoms. The molecule has 0 saturated heterocycles. The van der Waals surface area contributed by atoms with E-state index in [9.17, 15) is 18.0 Å². The summed E-state index contributed by atoms with van der Waals surface area (Å²) in [6.45, 7) is 4.35. The molecule has 2 aromatic carbocycles. The van der Waals surface area contributed by atoms with Gasteiger partial charge >= 0.3 is 0 Å². The van der Waals surface area contributed by atoms with Gasteiger partial charge in [-0.3, -0.25) is 9.59 Å². The molecule has 8 heteroatoms. The molecule has 0 aromatic heterocycles. The highest BCUT2D eigenvalue weighted by molar-refractivity contribution is 7.89. The fraction of sp³-hybridized carbons (Fsp3) is 0.238. The second-order valence-corrected chi connectivity index (χ2v) is 8.18. The van der Waals surface area contributed by atoms with Gasteiger partial charge in [-0.25, -0.2) is 8.42 Å². The first-order valence-corrected chi connectivity index (χ1v) is 10.7. The molecule has 0 fully saturated rings. The number of nitrogens with zero attached hydrogens (tertiary/aromatic N) is 1. The molecule has 29 heavy (non-hydrogen) atoms. The molecule has 0 radical (unpaired) electrons. The van der Waals surface area contributed by atoms with Crippen molar-refractivity contribution in [3.05, 3.63) is 71.8 Å². The van der Waals surface area contributed by atoms with E-state index in [1.165, 1.54) is 28.6 Å². The average molecular weight is 416 g/mol. The van der Waals surface area contributed by atoms with Crippen LogP contribution in [0.3, 0.4) is 0 Å². The number of hydrogen-bond acceptors (Lipinski definition) is 4. The number of sulfonamides is 1. The monoisotopic (exact) mass is 415 g/mol. The summed E-state index contributed by atoms with van der Waals surface area (Å²) in [7, 11) is -3.53. The number of rotatable bonds is 9. The molecule has 7 nitrogen and oxygen atoms in total. The molecule has 0 aliphatic carbocycles. The Morgan fingerprint density at radius 1 is 1.03 bits per heavy atom. The number of primary amides is 1. The van der Waals surface area contributed by atoms with Gasteiger partial charge in [0.05, 0.1) is 4.90 Å². The lowest BCUT2D eigenvalue weighted by atomic mass is 10.1. The van der Waals surface area contributed by atoms with Gasteiger partial charge in [-0.05, 0) is 29.3 Å². The molecule has 1 unspecified atom stereocenters. The molecule has 2 amide bonds. The van der Waals surface area contributed by atoms with Crippen LogP contribution in [0.25, 0.3) is 6.08 Å². The van der Waals surface area contributed by atoms with Crippen molar-refractivity contribution < 1.29 is 18.0 Å². The van der Waals surface area contributed by atoms with Crippen LogP contribution in [0.4, 0.5) is 0 Å². The van der Waals surface area contributed by atoms with Crippen molar-refractivity contribution in [2.75, 3.05) is 13.1 Å². The van der Waals surface area contributed by atoms with Crippen LogP contribution < -0.4 is 11.1 Å². The lowest BCUT2D eigenvalue weighted by Crippen LogP contribution is -2.36. The van der Waals surface area contributed by atoms with Gasteiger partial charge in [0.1, 0.15) is 6.04 Å². The number of benzene rings is 2. The van der Waals surface area contributed by atoms with E-state index in [4.69, 9.17) is 5.73 Å². The standard InChI is InChI=1S/C21H25N3O4S/c1-3-24(4-2)29(27,28)18-13-10-16(11-14-18)12-15-19(25)23-20(21(22)26)17-8-6-5-7-9-17/h5-15,20H,3-4H2,1-2H3,(H2,22,26)(H,23,25)/b15-12+. The average Bonchev–Trinajstić information content (AvgIpc) is 2.72. The van der Waals surface area contributed by atoms with Crippen LogP contribution >= 0.6 is 0 Å². The fourth-order valence-corrected chi connectivity index (χ4v) is 4.25. The quantitative estimate of drug-likeness (QED) is 0.611. The second-order valence-electron chi connectivity index (χ2n) is 6.25. The van der Waals surface area contributed by atoms with Crippen molar-refractivity contribution in [2.45, 2.75) is 24.8 Å². The van der Waals surface area contributed by atoms with Crippen molar-refractivity contribution in [2.24, 2.45) is 5.73 Å². The third kappa shape index (κ3) is 5.75. The molecule has 1 atom stereocenters. The van der Waals surface area contributed by atoms with E-state index in [-0.39, 0.29) is 4.90 Å². The Hall–Kier alpha value is -2.97. The summed E-state index contributed by atoms with van der Waals surface area (Å²) in [5.41, 5.74) is 6.63. The van der Waals surface area contributed by atoms with E-state index in [2.05, 4.69) is 5.32 Å². The van der Waals surface area contributed by atoms with Gasteiger partial charge in [0, 0.05) is 19.2 Å². The van der Waals surface area contributed by atoms with Crippen LogP contribution in [-0.4, -0.2) is 37.6 Å². The van der Waals surface area contributed by atoms with E-state index >= 15 is 0 Å². The minimum absolute atomic E-state index is 0.195. The molecule has 0 saturated carbocycles. The van der Waals surface area contributed by atoms with Gasteiger partial charge in [0.25, 0.3) is 0 Å². The molecule has 2 aromatic rings. The third-order valence-corrected chi connectivity index (χ3v) is 6.42. The summed E-state index contributed by atoms with van der Waals surface area (Å²) in [6, 6.07) is 14.0. The van der Waals surface area contributed by atoms with Crippen LogP contribution in [0.5, 0.6) is 0 Å². The lowest BCUT2D eigenvalue weighted by molar-refractivity contribution is -0.125.